The van der Waals surface area contributed by atoms with Gasteiger partial charge in [-0.1, -0.05) is 24.3 Å². The van der Waals surface area contributed by atoms with E-state index in [1.807, 2.05) is 29.2 Å². The zero-order chi connectivity index (χ0) is 17.4. The van der Waals surface area contributed by atoms with Crippen molar-refractivity contribution in [2.24, 2.45) is 0 Å². The van der Waals surface area contributed by atoms with Crippen molar-refractivity contribution in [3.05, 3.63) is 65.1 Å². The van der Waals surface area contributed by atoms with E-state index in [1.165, 1.54) is 12.3 Å². The summed E-state index contributed by atoms with van der Waals surface area (Å²) < 4.78 is 13.0. The number of halogens is 1. The second-order valence-electron chi connectivity index (χ2n) is 6.24. The second-order valence-corrected chi connectivity index (χ2v) is 6.24. The highest BCUT2D eigenvalue weighted by Gasteiger charge is 2.32. The third-order valence-electron chi connectivity index (χ3n) is 4.75. The molecule has 0 saturated carbocycles. The molecule has 1 fully saturated rings. The summed E-state index contributed by atoms with van der Waals surface area (Å²) in [6, 6.07) is 10.5. The number of aromatic nitrogens is 1. The van der Waals surface area contributed by atoms with Gasteiger partial charge < -0.3 is 14.9 Å². The van der Waals surface area contributed by atoms with Gasteiger partial charge in [-0.3, -0.25) is 4.79 Å². The molecule has 0 radical (unpaired) electrons. The van der Waals surface area contributed by atoms with E-state index in [0.717, 1.165) is 11.1 Å². The van der Waals surface area contributed by atoms with Crippen molar-refractivity contribution in [3.8, 4) is 0 Å². The van der Waals surface area contributed by atoms with Gasteiger partial charge in [0.15, 0.2) is 0 Å². The third-order valence-corrected chi connectivity index (χ3v) is 4.75. The number of aliphatic hydroxyl groups is 1. The quantitative estimate of drug-likeness (QED) is 0.909. The fraction of sp³-hybridized carbons (Fsp3) is 0.263. The number of nitrogens with zero attached hydrogens (tertiary/aromatic N) is 3. The lowest BCUT2D eigenvalue weighted by molar-refractivity contribution is -0.128. The van der Waals surface area contributed by atoms with Gasteiger partial charge >= 0.3 is 0 Å². The Morgan fingerprint density at radius 3 is 2.56 bits per heavy atom. The molecule has 2 aliphatic rings. The van der Waals surface area contributed by atoms with Crippen molar-refractivity contribution in [2.45, 2.75) is 6.10 Å². The highest BCUT2D eigenvalue weighted by Crippen LogP contribution is 2.35. The number of hydrogen-bond donors (Lipinski definition) is 1. The van der Waals surface area contributed by atoms with E-state index in [1.54, 1.807) is 17.0 Å². The summed E-state index contributed by atoms with van der Waals surface area (Å²) in [7, 11) is 0. The predicted molar refractivity (Wildman–Crippen MR) is 92.4 cm³/mol. The van der Waals surface area contributed by atoms with E-state index >= 15 is 0 Å². The van der Waals surface area contributed by atoms with Crippen molar-refractivity contribution in [2.75, 3.05) is 31.1 Å². The first kappa shape index (κ1) is 15.8. The van der Waals surface area contributed by atoms with Gasteiger partial charge in [-0.15, -0.1) is 0 Å². The van der Waals surface area contributed by atoms with Gasteiger partial charge in [0.2, 0.25) is 0 Å². The Kier molecular flexibility index (Phi) is 3.97. The minimum Gasteiger partial charge on any atom is -0.383 e. The van der Waals surface area contributed by atoms with Gasteiger partial charge in [-0.2, -0.15) is 0 Å². The van der Waals surface area contributed by atoms with Gasteiger partial charge in [-0.25, -0.2) is 9.37 Å². The van der Waals surface area contributed by atoms with Crippen molar-refractivity contribution >= 4 is 17.8 Å². The summed E-state index contributed by atoms with van der Waals surface area (Å²) >= 11 is 0. The van der Waals surface area contributed by atoms with Crippen molar-refractivity contribution in [3.63, 3.8) is 0 Å². The Bertz CT molecular complexity index is 827. The zero-order valence-corrected chi connectivity index (χ0v) is 13.6. The lowest BCUT2D eigenvalue weighted by Gasteiger charge is -2.36. The summed E-state index contributed by atoms with van der Waals surface area (Å²) in [4.78, 5) is 20.6. The molecule has 1 saturated heterocycles. The molecule has 1 atom stereocenters. The van der Waals surface area contributed by atoms with Crippen LogP contribution in [0.2, 0.25) is 0 Å². The van der Waals surface area contributed by atoms with Crippen molar-refractivity contribution in [1.82, 2.24) is 9.88 Å². The van der Waals surface area contributed by atoms with Crippen LogP contribution in [0.15, 0.2) is 48.2 Å². The standard InChI is InChI=1S/C19H18FN3O2/c20-14-5-6-17(21-12-14)22-7-9-23(10-8-22)19(25)16-11-13-3-1-2-4-15(13)18(16)24/h1-6,11-12,18,24H,7-10H2. The number of rotatable bonds is 2. The maximum atomic E-state index is 13.0. The molecule has 1 N–H and O–H groups in total. The number of benzene rings is 1. The molecule has 25 heavy (non-hydrogen) atoms. The van der Waals surface area contributed by atoms with Crippen molar-refractivity contribution in [1.29, 1.82) is 0 Å². The Morgan fingerprint density at radius 2 is 1.88 bits per heavy atom. The SMILES string of the molecule is O=C(C1=Cc2ccccc2C1O)N1CCN(c2ccc(F)cn2)CC1. The van der Waals surface area contributed by atoms with E-state index in [4.69, 9.17) is 0 Å². The van der Waals surface area contributed by atoms with Gasteiger partial charge in [0.25, 0.3) is 5.91 Å². The Labute approximate surface area is 145 Å². The Morgan fingerprint density at radius 1 is 1.12 bits per heavy atom. The van der Waals surface area contributed by atoms with Crippen LogP contribution in [-0.2, 0) is 4.79 Å². The molecule has 2 aromatic rings. The normalized spacial score (nSPS) is 19.6. The largest absolute Gasteiger partial charge is 0.383 e. The van der Waals surface area contributed by atoms with Crippen LogP contribution in [0.25, 0.3) is 6.08 Å². The molecule has 2 heterocycles. The van der Waals surface area contributed by atoms with Crippen LogP contribution in [0, 0.1) is 5.82 Å². The topological polar surface area (TPSA) is 56.7 Å². The summed E-state index contributed by atoms with van der Waals surface area (Å²) in [6.07, 6.45) is 2.11. The number of amides is 1. The molecule has 128 valence electrons. The van der Waals surface area contributed by atoms with E-state index in [0.29, 0.717) is 37.6 Å². The average molecular weight is 339 g/mol. The number of carbonyl (C=O) groups is 1. The maximum absolute atomic E-state index is 13.0. The van der Waals surface area contributed by atoms with Crippen LogP contribution in [0.5, 0.6) is 0 Å². The molecule has 1 unspecified atom stereocenters. The van der Waals surface area contributed by atoms with Gasteiger partial charge in [-0.05, 0) is 29.3 Å². The molecule has 1 amide bonds. The summed E-state index contributed by atoms with van der Waals surface area (Å²) in [5, 5.41) is 10.4. The van der Waals surface area contributed by atoms with E-state index in [-0.39, 0.29) is 11.7 Å². The highest BCUT2D eigenvalue weighted by molar-refractivity contribution is 6.01. The number of piperazine rings is 1. The predicted octanol–water partition coefficient (Wildman–Crippen LogP) is 2.00. The van der Waals surface area contributed by atoms with Crippen LogP contribution in [0.1, 0.15) is 17.2 Å². The van der Waals surface area contributed by atoms with Crippen LogP contribution in [0.4, 0.5) is 10.2 Å². The number of pyridine rings is 1. The van der Waals surface area contributed by atoms with Crippen LogP contribution < -0.4 is 4.90 Å². The zero-order valence-electron chi connectivity index (χ0n) is 13.6. The molecular formula is C19H18FN3O2. The molecule has 1 aliphatic carbocycles. The molecule has 1 aromatic carbocycles. The minimum atomic E-state index is -0.861. The maximum Gasteiger partial charge on any atom is 0.252 e. The summed E-state index contributed by atoms with van der Waals surface area (Å²) in [5.41, 5.74) is 2.10. The monoisotopic (exact) mass is 339 g/mol. The lowest BCUT2D eigenvalue weighted by Crippen LogP contribution is -2.49. The van der Waals surface area contributed by atoms with Crippen LogP contribution in [-0.4, -0.2) is 47.1 Å². The van der Waals surface area contributed by atoms with Gasteiger partial charge in [0, 0.05) is 26.2 Å². The Balaban J connectivity index is 1.43. The number of hydrogen-bond acceptors (Lipinski definition) is 4. The fourth-order valence-electron chi connectivity index (χ4n) is 3.36. The van der Waals surface area contributed by atoms with E-state index in [9.17, 15) is 14.3 Å². The van der Waals surface area contributed by atoms with Gasteiger partial charge in [0.1, 0.15) is 17.7 Å². The van der Waals surface area contributed by atoms with Gasteiger partial charge in [0.05, 0.1) is 11.8 Å². The number of aliphatic hydroxyl groups excluding tert-OH is 1. The molecule has 1 aromatic heterocycles. The molecule has 4 rings (SSSR count). The average Bonchev–Trinajstić information content (AvgIpc) is 2.99. The molecule has 0 spiro atoms. The molecule has 0 bridgehead atoms. The lowest BCUT2D eigenvalue weighted by atomic mass is 10.1. The number of anilines is 1. The third kappa shape index (κ3) is 2.89. The molecule has 1 aliphatic heterocycles. The van der Waals surface area contributed by atoms with Crippen LogP contribution in [0.3, 0.4) is 0 Å². The highest BCUT2D eigenvalue weighted by atomic mass is 19.1. The Hall–Kier alpha value is -2.73. The molecule has 5 nitrogen and oxygen atoms in total. The smallest absolute Gasteiger partial charge is 0.252 e. The first-order chi connectivity index (χ1) is 12.1. The summed E-state index contributed by atoms with van der Waals surface area (Å²) in [5.74, 6) is 0.218. The van der Waals surface area contributed by atoms with E-state index < -0.39 is 6.10 Å². The first-order valence-electron chi connectivity index (χ1n) is 8.28. The first-order valence-corrected chi connectivity index (χ1v) is 8.28. The van der Waals surface area contributed by atoms with Crippen molar-refractivity contribution < 1.29 is 14.3 Å². The van der Waals surface area contributed by atoms with Crippen LogP contribution >= 0.6 is 0 Å². The molecule has 6 heteroatoms. The fourth-order valence-corrected chi connectivity index (χ4v) is 3.36. The second kappa shape index (κ2) is 6.29. The molecular weight excluding hydrogens is 321 g/mol. The number of carbonyl (C=O) groups excluding carboxylic acids is 1. The minimum absolute atomic E-state index is 0.129. The number of fused-ring (bicyclic) bond motifs is 1. The van der Waals surface area contributed by atoms with E-state index in [2.05, 4.69) is 4.98 Å². The summed E-state index contributed by atoms with van der Waals surface area (Å²) in [6.45, 7) is 2.33.